The lowest BCUT2D eigenvalue weighted by Gasteiger charge is -2.33. The fourth-order valence-electron chi connectivity index (χ4n) is 2.02. The minimum Gasteiger partial charge on any atom is -0.480 e. The first kappa shape index (κ1) is 14.8. The largest absolute Gasteiger partial charge is 0.480 e. The Bertz CT molecular complexity index is 305. The van der Waals surface area contributed by atoms with E-state index in [1.165, 1.54) is 4.90 Å². The maximum Gasteiger partial charge on any atom is 0.326 e. The Labute approximate surface area is 109 Å². The van der Waals surface area contributed by atoms with Crippen LogP contribution in [0, 0.1) is 11.8 Å². The van der Waals surface area contributed by atoms with Crippen LogP contribution in [-0.2, 0) is 4.79 Å². The van der Waals surface area contributed by atoms with Crippen LogP contribution in [-0.4, -0.2) is 41.1 Å². The Morgan fingerprint density at radius 3 is 2.56 bits per heavy atom. The number of likely N-dealkylation sites (tertiary alicyclic amines) is 1. The van der Waals surface area contributed by atoms with Gasteiger partial charge in [0.05, 0.1) is 0 Å². The van der Waals surface area contributed by atoms with E-state index in [1.54, 1.807) is 0 Å². The molecule has 0 aromatic heterocycles. The van der Waals surface area contributed by atoms with Gasteiger partial charge in [-0.1, -0.05) is 20.8 Å². The van der Waals surface area contributed by atoms with Gasteiger partial charge in [0.25, 0.3) is 0 Å². The smallest absolute Gasteiger partial charge is 0.326 e. The van der Waals surface area contributed by atoms with Gasteiger partial charge in [-0.2, -0.15) is 0 Å². The normalized spacial score (nSPS) is 21.8. The van der Waals surface area contributed by atoms with E-state index in [9.17, 15) is 9.59 Å². The van der Waals surface area contributed by atoms with E-state index in [4.69, 9.17) is 5.11 Å². The average molecular weight is 256 g/mol. The molecule has 2 unspecified atom stereocenters. The van der Waals surface area contributed by atoms with E-state index in [2.05, 4.69) is 26.1 Å². The summed E-state index contributed by atoms with van der Waals surface area (Å²) in [4.78, 5) is 24.5. The third-order valence-electron chi connectivity index (χ3n) is 3.76. The quantitative estimate of drug-likeness (QED) is 0.807. The lowest BCUT2D eigenvalue weighted by Crippen LogP contribution is -2.52. The van der Waals surface area contributed by atoms with Crippen molar-refractivity contribution in [2.24, 2.45) is 11.8 Å². The first-order valence-electron chi connectivity index (χ1n) is 6.70. The van der Waals surface area contributed by atoms with Gasteiger partial charge in [-0.15, -0.1) is 0 Å². The van der Waals surface area contributed by atoms with Crippen LogP contribution >= 0.6 is 0 Å². The van der Waals surface area contributed by atoms with Crippen LogP contribution in [0.2, 0.25) is 0 Å². The first-order valence-corrected chi connectivity index (χ1v) is 6.70. The van der Waals surface area contributed by atoms with Gasteiger partial charge in [0, 0.05) is 13.1 Å². The molecule has 5 nitrogen and oxygen atoms in total. The van der Waals surface area contributed by atoms with Gasteiger partial charge in [-0.25, -0.2) is 9.59 Å². The molecule has 2 amide bonds. The molecule has 1 saturated heterocycles. The third kappa shape index (κ3) is 3.89. The SMILES string of the molecule is CC(C)C(C)CNC(=O)N1CCCCC1C(=O)O. The van der Waals surface area contributed by atoms with Crippen molar-refractivity contribution >= 4 is 12.0 Å². The summed E-state index contributed by atoms with van der Waals surface area (Å²) in [6.07, 6.45) is 2.32. The summed E-state index contributed by atoms with van der Waals surface area (Å²) < 4.78 is 0. The summed E-state index contributed by atoms with van der Waals surface area (Å²) in [5.74, 6) is -0.00861. The van der Waals surface area contributed by atoms with Crippen molar-refractivity contribution in [2.45, 2.75) is 46.1 Å². The highest BCUT2D eigenvalue weighted by Gasteiger charge is 2.31. The van der Waals surface area contributed by atoms with Crippen molar-refractivity contribution in [3.63, 3.8) is 0 Å². The van der Waals surface area contributed by atoms with Gasteiger partial charge in [-0.05, 0) is 31.1 Å². The first-order chi connectivity index (χ1) is 8.43. The molecule has 0 aliphatic carbocycles. The molecule has 1 rings (SSSR count). The minimum absolute atomic E-state index is 0.241. The van der Waals surface area contributed by atoms with Crippen molar-refractivity contribution in [1.82, 2.24) is 10.2 Å². The Balaban J connectivity index is 2.51. The maximum absolute atomic E-state index is 12.0. The number of amides is 2. The number of carbonyl (C=O) groups is 2. The van der Waals surface area contributed by atoms with E-state index in [0.29, 0.717) is 31.3 Å². The van der Waals surface area contributed by atoms with Gasteiger partial charge in [0.1, 0.15) is 6.04 Å². The molecular weight excluding hydrogens is 232 g/mol. The predicted octanol–water partition coefficient (Wildman–Crippen LogP) is 1.93. The van der Waals surface area contributed by atoms with E-state index >= 15 is 0 Å². The Morgan fingerprint density at radius 1 is 1.33 bits per heavy atom. The Kier molecular flexibility index (Phi) is 5.44. The zero-order valence-electron chi connectivity index (χ0n) is 11.5. The van der Waals surface area contributed by atoms with E-state index < -0.39 is 12.0 Å². The molecule has 1 fully saturated rings. The molecule has 1 aliphatic rings. The molecule has 2 atom stereocenters. The molecule has 1 aliphatic heterocycles. The number of aliphatic carboxylic acids is 1. The van der Waals surface area contributed by atoms with Gasteiger partial charge in [0.2, 0.25) is 0 Å². The van der Waals surface area contributed by atoms with Crippen LogP contribution < -0.4 is 5.32 Å². The number of carbonyl (C=O) groups excluding carboxylic acids is 1. The maximum atomic E-state index is 12.0. The number of hydrogen-bond acceptors (Lipinski definition) is 2. The van der Waals surface area contributed by atoms with Crippen molar-refractivity contribution < 1.29 is 14.7 Å². The van der Waals surface area contributed by atoms with Crippen LogP contribution in [0.5, 0.6) is 0 Å². The summed E-state index contributed by atoms with van der Waals surface area (Å²) in [7, 11) is 0. The number of nitrogens with zero attached hydrogens (tertiary/aromatic N) is 1. The van der Waals surface area contributed by atoms with Gasteiger partial charge in [-0.3, -0.25) is 0 Å². The van der Waals surface area contributed by atoms with Crippen molar-refractivity contribution in [1.29, 1.82) is 0 Å². The number of piperidine rings is 1. The van der Waals surface area contributed by atoms with Gasteiger partial charge >= 0.3 is 12.0 Å². The Morgan fingerprint density at radius 2 is 2.00 bits per heavy atom. The highest BCUT2D eigenvalue weighted by Crippen LogP contribution is 2.17. The van der Waals surface area contributed by atoms with Crippen LogP contribution in [0.3, 0.4) is 0 Å². The number of rotatable bonds is 4. The summed E-state index contributed by atoms with van der Waals surface area (Å²) in [6.45, 7) is 7.43. The van der Waals surface area contributed by atoms with Gasteiger partial charge in [0.15, 0.2) is 0 Å². The van der Waals surface area contributed by atoms with Crippen molar-refractivity contribution in [3.8, 4) is 0 Å². The summed E-state index contributed by atoms with van der Waals surface area (Å²) >= 11 is 0. The topological polar surface area (TPSA) is 69.6 Å². The molecule has 0 radical (unpaired) electrons. The molecule has 0 saturated carbocycles. The molecule has 0 aromatic rings. The van der Waals surface area contributed by atoms with Crippen LogP contribution in [0.1, 0.15) is 40.0 Å². The number of urea groups is 1. The standard InChI is InChI=1S/C13H24N2O3/c1-9(2)10(3)8-14-13(18)15-7-5-4-6-11(15)12(16)17/h9-11H,4-8H2,1-3H3,(H,14,18)(H,16,17). The average Bonchev–Trinajstić information content (AvgIpc) is 2.35. The lowest BCUT2D eigenvalue weighted by atomic mass is 9.98. The third-order valence-corrected chi connectivity index (χ3v) is 3.76. The molecule has 0 bridgehead atoms. The number of carboxylic acids is 1. The molecule has 104 valence electrons. The van der Waals surface area contributed by atoms with Crippen LogP contribution in [0.25, 0.3) is 0 Å². The van der Waals surface area contributed by atoms with E-state index in [0.717, 1.165) is 12.8 Å². The minimum atomic E-state index is -0.901. The van der Waals surface area contributed by atoms with E-state index in [1.807, 2.05) is 0 Å². The molecule has 1 heterocycles. The molecule has 5 heteroatoms. The number of hydrogen-bond donors (Lipinski definition) is 2. The summed E-state index contributed by atoms with van der Waals surface area (Å²) in [5, 5.41) is 11.9. The highest BCUT2D eigenvalue weighted by molar-refractivity contribution is 5.82. The van der Waals surface area contributed by atoms with Crippen molar-refractivity contribution in [3.05, 3.63) is 0 Å². The molecular formula is C13H24N2O3. The van der Waals surface area contributed by atoms with Crippen LogP contribution in [0.15, 0.2) is 0 Å². The molecule has 2 N–H and O–H groups in total. The second-order valence-electron chi connectivity index (χ2n) is 5.45. The lowest BCUT2D eigenvalue weighted by molar-refractivity contribution is -0.143. The van der Waals surface area contributed by atoms with E-state index in [-0.39, 0.29) is 6.03 Å². The van der Waals surface area contributed by atoms with Crippen LogP contribution in [0.4, 0.5) is 4.79 Å². The van der Waals surface area contributed by atoms with Crippen molar-refractivity contribution in [2.75, 3.05) is 13.1 Å². The predicted molar refractivity (Wildman–Crippen MR) is 69.4 cm³/mol. The van der Waals surface area contributed by atoms with Gasteiger partial charge < -0.3 is 15.3 Å². The molecule has 0 aromatic carbocycles. The number of nitrogens with one attached hydrogen (secondary N) is 1. The molecule has 0 spiro atoms. The highest BCUT2D eigenvalue weighted by atomic mass is 16.4. The second-order valence-corrected chi connectivity index (χ2v) is 5.45. The zero-order chi connectivity index (χ0) is 13.7. The molecule has 18 heavy (non-hydrogen) atoms. The summed E-state index contributed by atoms with van der Waals surface area (Å²) in [5.41, 5.74) is 0. The monoisotopic (exact) mass is 256 g/mol. The fourth-order valence-corrected chi connectivity index (χ4v) is 2.02. The summed E-state index contributed by atoms with van der Waals surface area (Å²) in [6, 6.07) is -0.900. The number of carboxylic acid groups (broad SMARTS) is 1. The Hall–Kier alpha value is -1.26. The second kappa shape index (κ2) is 6.61. The fraction of sp³-hybridized carbons (Fsp3) is 0.846. The zero-order valence-corrected chi connectivity index (χ0v) is 11.5.